The molecule has 2 aliphatic heterocycles. The highest BCUT2D eigenvalue weighted by Crippen LogP contribution is 2.42. The van der Waals surface area contributed by atoms with Crippen molar-refractivity contribution in [1.29, 1.82) is 0 Å². The average Bonchev–Trinajstić information content (AvgIpc) is 3.24. The van der Waals surface area contributed by atoms with Gasteiger partial charge in [-0.05, 0) is 72.4 Å². The maximum absolute atomic E-state index is 12.8. The van der Waals surface area contributed by atoms with Crippen LogP contribution in [-0.4, -0.2) is 66.1 Å². The lowest BCUT2D eigenvalue weighted by atomic mass is 10.1. The zero-order valence-electron chi connectivity index (χ0n) is 21.5. The highest BCUT2D eigenvalue weighted by Gasteiger charge is 2.38. The minimum Gasteiger partial charge on any atom is -0.484 e. The fraction of sp³-hybridized carbons (Fsp3) is 0.739. The summed E-state index contributed by atoms with van der Waals surface area (Å²) in [6, 6.07) is -0.153. The number of hydrogen-bond acceptors (Lipinski definition) is 8. The van der Waals surface area contributed by atoms with Crippen molar-refractivity contribution in [2.75, 3.05) is 36.5 Å². The summed E-state index contributed by atoms with van der Waals surface area (Å²) in [5.74, 6) is 1.58. The van der Waals surface area contributed by atoms with Gasteiger partial charge in [-0.2, -0.15) is 9.97 Å². The Morgan fingerprint density at radius 2 is 1.62 bits per heavy atom. The minimum atomic E-state index is -0.595. The molecule has 1 N–H and O–H groups in total. The zero-order chi connectivity index (χ0) is 25.7. The van der Waals surface area contributed by atoms with Gasteiger partial charge in [0.2, 0.25) is 11.0 Å². The van der Waals surface area contributed by atoms with Gasteiger partial charge in [-0.1, -0.05) is 6.92 Å². The monoisotopic (exact) mass is 499 g/mol. The third kappa shape index (κ3) is 7.78. The predicted molar refractivity (Wildman–Crippen MR) is 132 cm³/mol. The predicted octanol–water partition coefficient (Wildman–Crippen LogP) is 4.78. The maximum atomic E-state index is 12.8. The molecular weight excluding hydrogens is 462 g/mol. The maximum Gasteiger partial charge on any atom is 0.416 e. The number of halogens is 1. The number of aromatic nitrogens is 2. The van der Waals surface area contributed by atoms with Crippen molar-refractivity contribution < 1.29 is 23.8 Å². The van der Waals surface area contributed by atoms with Crippen molar-refractivity contribution >= 4 is 35.4 Å². The van der Waals surface area contributed by atoms with Crippen molar-refractivity contribution in [1.82, 2.24) is 15.3 Å². The van der Waals surface area contributed by atoms with Crippen LogP contribution in [0.1, 0.15) is 67.7 Å². The summed E-state index contributed by atoms with van der Waals surface area (Å²) >= 11 is 6.17. The van der Waals surface area contributed by atoms with Gasteiger partial charge in [0.25, 0.3) is 0 Å². The molecule has 0 bridgehead atoms. The molecule has 10 nitrogen and oxygen atoms in total. The molecule has 1 fully saturated rings. The first-order valence-electron chi connectivity index (χ1n) is 11.6. The molecule has 0 saturated carbocycles. The van der Waals surface area contributed by atoms with E-state index in [1.807, 2.05) is 48.5 Å². The number of nitrogens with one attached hydrogen (secondary N) is 1. The Labute approximate surface area is 207 Å². The highest BCUT2D eigenvalue weighted by atomic mass is 35.5. The van der Waals surface area contributed by atoms with Crippen molar-refractivity contribution in [3.63, 3.8) is 0 Å². The van der Waals surface area contributed by atoms with Crippen molar-refractivity contribution in [2.24, 2.45) is 0 Å². The van der Waals surface area contributed by atoms with E-state index >= 15 is 0 Å². The Morgan fingerprint density at radius 3 is 2.09 bits per heavy atom. The highest BCUT2D eigenvalue weighted by molar-refractivity contribution is 6.28. The lowest BCUT2D eigenvalue weighted by molar-refractivity contribution is 0.0530. The molecule has 2 amide bonds. The van der Waals surface area contributed by atoms with Gasteiger partial charge in [0.1, 0.15) is 17.8 Å². The van der Waals surface area contributed by atoms with E-state index in [0.717, 1.165) is 32.4 Å². The Bertz CT molecular complexity index is 863. The second-order valence-electron chi connectivity index (χ2n) is 10.1. The van der Waals surface area contributed by atoms with Crippen LogP contribution >= 0.6 is 11.6 Å². The summed E-state index contributed by atoms with van der Waals surface area (Å²) in [4.78, 5) is 35.7. The molecule has 3 heterocycles. The normalized spacial score (nSPS) is 17.7. The first kappa shape index (κ1) is 27.8. The summed E-state index contributed by atoms with van der Waals surface area (Å²) < 4.78 is 16.4. The molecule has 0 aromatic carbocycles. The number of rotatable bonds is 2. The number of nitrogens with zero attached hydrogens (tertiary/aromatic N) is 4. The summed E-state index contributed by atoms with van der Waals surface area (Å²) in [6.45, 7) is 15.2. The summed E-state index contributed by atoms with van der Waals surface area (Å²) in [7, 11) is 1.54. The van der Waals surface area contributed by atoms with E-state index in [0.29, 0.717) is 24.0 Å². The van der Waals surface area contributed by atoms with E-state index in [1.165, 1.54) is 7.05 Å². The van der Waals surface area contributed by atoms with Gasteiger partial charge in [-0.3, -0.25) is 4.90 Å². The second kappa shape index (κ2) is 11.3. The van der Waals surface area contributed by atoms with Crippen molar-refractivity contribution in [3.8, 4) is 5.75 Å². The lowest BCUT2D eigenvalue weighted by Gasteiger charge is -2.37. The molecule has 34 heavy (non-hydrogen) atoms. The van der Waals surface area contributed by atoms with Crippen LogP contribution in [0.15, 0.2) is 0 Å². The number of anilines is 2. The standard InChI is InChI=1S/C17H25ClN4O3.C6H13NO2/c1-5-11-10-24-12-13(21-8-6-7-9-21)19-15(18)20-14(12)22(11)16(23)25-17(2,3)4;1-6(2,3)9-5(8)7-4/h11H,5-10H2,1-4H3;1-4H3,(H,7,8). The molecular formula is C23H38ClN5O5. The van der Waals surface area contributed by atoms with Gasteiger partial charge in [0.05, 0.1) is 6.04 Å². The number of amides is 2. The smallest absolute Gasteiger partial charge is 0.416 e. The van der Waals surface area contributed by atoms with Crippen LogP contribution in [0.5, 0.6) is 5.75 Å². The SMILES string of the molecule is CCC1COc2c(N3CCCC3)nc(Cl)nc2N1C(=O)OC(C)(C)C.CNC(=O)OC(C)(C)C. The van der Waals surface area contributed by atoms with Gasteiger partial charge in [-0.15, -0.1) is 0 Å². The van der Waals surface area contributed by atoms with E-state index < -0.39 is 11.7 Å². The molecule has 11 heteroatoms. The minimum absolute atomic E-state index is 0.106. The van der Waals surface area contributed by atoms with E-state index in [1.54, 1.807) is 4.90 Å². The van der Waals surface area contributed by atoms with Crippen LogP contribution < -0.4 is 19.9 Å². The zero-order valence-corrected chi connectivity index (χ0v) is 22.3. The van der Waals surface area contributed by atoms with Gasteiger partial charge in [-0.25, -0.2) is 9.59 Å². The topological polar surface area (TPSA) is 106 Å². The van der Waals surface area contributed by atoms with Crippen LogP contribution in [-0.2, 0) is 9.47 Å². The molecule has 0 radical (unpaired) electrons. The Morgan fingerprint density at radius 1 is 1.06 bits per heavy atom. The quantitative estimate of drug-likeness (QED) is 0.579. The van der Waals surface area contributed by atoms with Crippen LogP contribution in [0, 0.1) is 0 Å². The summed E-state index contributed by atoms with van der Waals surface area (Å²) in [6.07, 6.45) is 2.10. The number of fused-ring (bicyclic) bond motifs is 1. The molecule has 1 atom stereocenters. The van der Waals surface area contributed by atoms with Crippen molar-refractivity contribution in [2.45, 2.75) is 85.0 Å². The van der Waals surface area contributed by atoms with E-state index in [9.17, 15) is 9.59 Å². The third-order valence-electron chi connectivity index (χ3n) is 4.89. The number of alkyl carbamates (subject to hydrolysis) is 1. The molecule has 1 aromatic rings. The van der Waals surface area contributed by atoms with E-state index in [-0.39, 0.29) is 23.0 Å². The fourth-order valence-corrected chi connectivity index (χ4v) is 3.60. The fourth-order valence-electron chi connectivity index (χ4n) is 3.44. The lowest BCUT2D eigenvalue weighted by Crippen LogP contribution is -2.49. The first-order chi connectivity index (χ1) is 15.8. The molecule has 3 rings (SSSR count). The molecule has 2 aliphatic rings. The Kier molecular flexibility index (Phi) is 9.22. The number of hydrogen-bond donors (Lipinski definition) is 1. The second-order valence-corrected chi connectivity index (χ2v) is 10.5. The van der Waals surface area contributed by atoms with Gasteiger partial charge >= 0.3 is 12.2 Å². The summed E-state index contributed by atoms with van der Waals surface area (Å²) in [5, 5.41) is 2.47. The molecule has 1 unspecified atom stereocenters. The third-order valence-corrected chi connectivity index (χ3v) is 5.05. The van der Waals surface area contributed by atoms with E-state index in [4.69, 9.17) is 25.8 Å². The molecule has 192 valence electrons. The summed E-state index contributed by atoms with van der Waals surface area (Å²) in [5.41, 5.74) is -0.984. The van der Waals surface area contributed by atoms with Gasteiger partial charge in [0.15, 0.2) is 11.6 Å². The van der Waals surface area contributed by atoms with Crippen LogP contribution in [0.3, 0.4) is 0 Å². The number of carbonyl (C=O) groups is 2. The molecule has 1 saturated heterocycles. The molecule has 0 aliphatic carbocycles. The average molecular weight is 500 g/mol. The molecule has 1 aromatic heterocycles. The number of ether oxygens (including phenoxy) is 3. The largest absolute Gasteiger partial charge is 0.484 e. The van der Waals surface area contributed by atoms with E-state index in [2.05, 4.69) is 20.2 Å². The first-order valence-corrected chi connectivity index (χ1v) is 12.0. The Balaban J connectivity index is 0.000000387. The Hall–Kier alpha value is -2.49. The van der Waals surface area contributed by atoms with Gasteiger partial charge < -0.3 is 24.4 Å². The van der Waals surface area contributed by atoms with Crippen molar-refractivity contribution in [3.05, 3.63) is 5.28 Å². The van der Waals surface area contributed by atoms with Crippen LogP contribution in [0.2, 0.25) is 5.28 Å². The van der Waals surface area contributed by atoms with Crippen LogP contribution in [0.25, 0.3) is 0 Å². The number of carbonyl (C=O) groups excluding carboxylic acids is 2. The van der Waals surface area contributed by atoms with Gasteiger partial charge in [0, 0.05) is 20.1 Å². The van der Waals surface area contributed by atoms with Crippen LogP contribution in [0.4, 0.5) is 21.2 Å². The molecule has 0 spiro atoms.